The second-order valence-corrected chi connectivity index (χ2v) is 5.74. The van der Waals surface area contributed by atoms with Gasteiger partial charge in [0.2, 0.25) is 0 Å². The minimum atomic E-state index is -0.823. The van der Waals surface area contributed by atoms with E-state index in [2.05, 4.69) is 13.8 Å². The van der Waals surface area contributed by atoms with Crippen molar-refractivity contribution in [1.82, 2.24) is 0 Å². The third-order valence-corrected chi connectivity index (χ3v) is 3.87. The highest BCUT2D eigenvalue weighted by Crippen LogP contribution is 2.18. The van der Waals surface area contributed by atoms with Crippen molar-refractivity contribution in [2.24, 2.45) is 5.92 Å². The van der Waals surface area contributed by atoms with Gasteiger partial charge in [-0.15, -0.1) is 0 Å². The van der Waals surface area contributed by atoms with E-state index in [0.29, 0.717) is 5.92 Å². The molecule has 1 N–H and O–H groups in total. The fourth-order valence-electron chi connectivity index (χ4n) is 2.33. The minimum Gasteiger partial charge on any atom is -0.478 e. The Morgan fingerprint density at radius 2 is 1.47 bits per heavy atom. The summed E-state index contributed by atoms with van der Waals surface area (Å²) in [4.78, 5) is 10.6. The summed E-state index contributed by atoms with van der Waals surface area (Å²) in [6.45, 7) is 6.30. The highest BCUT2D eigenvalue weighted by molar-refractivity contribution is 5.80. The molecule has 0 heterocycles. The molecule has 0 radical (unpaired) electrons. The molecule has 0 bridgehead atoms. The standard InChI is InChI=1S/C17H32O2/c1-4-5-6-7-8-9-10-11-12-13-15(2)16(3)14-17(18)19/h14-15H,4-13H2,1-3H3,(H,18,19)/b16-14+. The van der Waals surface area contributed by atoms with Gasteiger partial charge in [-0.1, -0.05) is 77.2 Å². The normalized spacial score (nSPS) is 13.5. The fraction of sp³-hybridized carbons (Fsp3) is 0.824. The average Bonchev–Trinajstić information content (AvgIpc) is 2.35. The highest BCUT2D eigenvalue weighted by atomic mass is 16.4. The summed E-state index contributed by atoms with van der Waals surface area (Å²) < 4.78 is 0. The molecule has 2 nitrogen and oxygen atoms in total. The fourth-order valence-corrected chi connectivity index (χ4v) is 2.33. The van der Waals surface area contributed by atoms with Gasteiger partial charge in [0, 0.05) is 6.08 Å². The van der Waals surface area contributed by atoms with Gasteiger partial charge in [0.1, 0.15) is 0 Å². The monoisotopic (exact) mass is 268 g/mol. The van der Waals surface area contributed by atoms with Crippen LogP contribution >= 0.6 is 0 Å². The summed E-state index contributed by atoms with van der Waals surface area (Å²) in [7, 11) is 0. The first kappa shape index (κ1) is 18.2. The van der Waals surface area contributed by atoms with Gasteiger partial charge >= 0.3 is 5.97 Å². The highest BCUT2D eigenvalue weighted by Gasteiger charge is 2.05. The Kier molecular flexibility index (Phi) is 11.7. The molecule has 0 amide bonds. The van der Waals surface area contributed by atoms with E-state index in [4.69, 9.17) is 5.11 Å². The van der Waals surface area contributed by atoms with Crippen molar-refractivity contribution in [1.29, 1.82) is 0 Å². The average molecular weight is 268 g/mol. The molecular weight excluding hydrogens is 236 g/mol. The summed E-state index contributed by atoms with van der Waals surface area (Å²) in [6.07, 6.45) is 14.5. The number of unbranched alkanes of at least 4 members (excludes halogenated alkanes) is 8. The number of rotatable bonds is 12. The Bertz CT molecular complexity index is 256. The second-order valence-electron chi connectivity index (χ2n) is 5.74. The van der Waals surface area contributed by atoms with Gasteiger partial charge in [0.15, 0.2) is 0 Å². The number of aliphatic carboxylic acids is 1. The van der Waals surface area contributed by atoms with Gasteiger partial charge < -0.3 is 5.11 Å². The third kappa shape index (κ3) is 12.0. The lowest BCUT2D eigenvalue weighted by atomic mass is 9.95. The lowest BCUT2D eigenvalue weighted by molar-refractivity contribution is -0.131. The summed E-state index contributed by atoms with van der Waals surface area (Å²) >= 11 is 0. The van der Waals surface area contributed by atoms with Gasteiger partial charge in [-0.25, -0.2) is 4.79 Å². The van der Waals surface area contributed by atoms with Gasteiger partial charge in [-0.3, -0.25) is 0 Å². The van der Waals surface area contributed by atoms with E-state index in [1.165, 1.54) is 63.9 Å². The Labute approximate surface area is 119 Å². The lowest BCUT2D eigenvalue weighted by Crippen LogP contribution is -2.00. The van der Waals surface area contributed by atoms with Crippen LogP contribution in [0.4, 0.5) is 0 Å². The lowest BCUT2D eigenvalue weighted by Gasteiger charge is -2.11. The predicted molar refractivity (Wildman–Crippen MR) is 82.4 cm³/mol. The van der Waals surface area contributed by atoms with Crippen molar-refractivity contribution >= 4 is 5.97 Å². The first-order valence-corrected chi connectivity index (χ1v) is 7.99. The van der Waals surface area contributed by atoms with Gasteiger partial charge in [0.05, 0.1) is 0 Å². The molecule has 112 valence electrons. The molecule has 0 aliphatic rings. The van der Waals surface area contributed by atoms with Crippen LogP contribution in [-0.2, 0) is 4.79 Å². The first-order valence-electron chi connectivity index (χ1n) is 7.99. The molecule has 0 rings (SSSR count). The molecule has 0 saturated carbocycles. The predicted octanol–water partition coefficient (Wildman–Crippen LogP) is 5.57. The quantitative estimate of drug-likeness (QED) is 0.371. The van der Waals surface area contributed by atoms with Crippen molar-refractivity contribution in [3.8, 4) is 0 Å². The molecule has 2 heteroatoms. The molecule has 0 saturated heterocycles. The molecule has 0 aromatic carbocycles. The molecule has 0 aliphatic heterocycles. The number of carboxylic acid groups (broad SMARTS) is 1. The zero-order valence-corrected chi connectivity index (χ0v) is 13.1. The van der Waals surface area contributed by atoms with Gasteiger partial charge in [-0.05, 0) is 19.3 Å². The van der Waals surface area contributed by atoms with E-state index in [0.717, 1.165) is 12.0 Å². The first-order chi connectivity index (χ1) is 9.07. The van der Waals surface area contributed by atoms with E-state index < -0.39 is 5.97 Å². The minimum absolute atomic E-state index is 0.403. The van der Waals surface area contributed by atoms with E-state index in [1.54, 1.807) is 0 Å². The Morgan fingerprint density at radius 1 is 1.00 bits per heavy atom. The van der Waals surface area contributed by atoms with Crippen LogP contribution in [0.25, 0.3) is 0 Å². The van der Waals surface area contributed by atoms with Crippen molar-refractivity contribution < 1.29 is 9.90 Å². The van der Waals surface area contributed by atoms with Crippen LogP contribution in [0.3, 0.4) is 0 Å². The van der Waals surface area contributed by atoms with Crippen LogP contribution in [0, 0.1) is 5.92 Å². The SMILES string of the molecule is CCCCCCCCCCCC(C)/C(C)=C/C(=O)O. The number of hydrogen-bond donors (Lipinski definition) is 1. The van der Waals surface area contributed by atoms with Crippen LogP contribution in [0.2, 0.25) is 0 Å². The summed E-state index contributed by atoms with van der Waals surface area (Å²) in [5.74, 6) is -0.419. The molecule has 0 aromatic rings. The number of hydrogen-bond acceptors (Lipinski definition) is 1. The summed E-state index contributed by atoms with van der Waals surface area (Å²) in [6, 6.07) is 0. The number of carboxylic acids is 1. The van der Waals surface area contributed by atoms with Crippen molar-refractivity contribution in [2.45, 2.75) is 85.0 Å². The van der Waals surface area contributed by atoms with Crippen LogP contribution in [0.5, 0.6) is 0 Å². The smallest absolute Gasteiger partial charge is 0.328 e. The number of carbonyl (C=O) groups is 1. The zero-order chi connectivity index (χ0) is 14.5. The topological polar surface area (TPSA) is 37.3 Å². The van der Waals surface area contributed by atoms with E-state index in [1.807, 2.05) is 6.92 Å². The van der Waals surface area contributed by atoms with Crippen molar-refractivity contribution in [2.75, 3.05) is 0 Å². The largest absolute Gasteiger partial charge is 0.478 e. The molecule has 1 atom stereocenters. The third-order valence-electron chi connectivity index (χ3n) is 3.87. The van der Waals surface area contributed by atoms with Crippen LogP contribution in [0.1, 0.15) is 85.0 Å². The van der Waals surface area contributed by atoms with E-state index >= 15 is 0 Å². The molecule has 19 heavy (non-hydrogen) atoms. The van der Waals surface area contributed by atoms with Crippen LogP contribution in [-0.4, -0.2) is 11.1 Å². The van der Waals surface area contributed by atoms with Crippen molar-refractivity contribution in [3.63, 3.8) is 0 Å². The maximum absolute atomic E-state index is 10.6. The Morgan fingerprint density at radius 3 is 1.95 bits per heavy atom. The molecule has 0 fully saturated rings. The van der Waals surface area contributed by atoms with E-state index in [-0.39, 0.29) is 0 Å². The van der Waals surface area contributed by atoms with Crippen LogP contribution in [0.15, 0.2) is 11.6 Å². The van der Waals surface area contributed by atoms with Crippen LogP contribution < -0.4 is 0 Å². The summed E-state index contributed by atoms with van der Waals surface area (Å²) in [5, 5.41) is 8.69. The van der Waals surface area contributed by atoms with E-state index in [9.17, 15) is 4.79 Å². The molecule has 0 aromatic heterocycles. The molecule has 1 unspecified atom stereocenters. The second kappa shape index (κ2) is 12.3. The zero-order valence-electron chi connectivity index (χ0n) is 13.1. The maximum Gasteiger partial charge on any atom is 0.328 e. The number of allylic oxidation sites excluding steroid dienone is 1. The maximum atomic E-state index is 10.6. The van der Waals surface area contributed by atoms with Gasteiger partial charge in [0.25, 0.3) is 0 Å². The molecule has 0 aliphatic carbocycles. The summed E-state index contributed by atoms with van der Waals surface area (Å²) in [5.41, 5.74) is 0.993. The Balaban J connectivity index is 3.41. The molecular formula is C17H32O2. The molecule has 0 spiro atoms. The van der Waals surface area contributed by atoms with Crippen molar-refractivity contribution in [3.05, 3.63) is 11.6 Å². The Hall–Kier alpha value is -0.790. The van der Waals surface area contributed by atoms with Gasteiger partial charge in [-0.2, -0.15) is 0 Å².